The van der Waals surface area contributed by atoms with Gasteiger partial charge < -0.3 is 4.74 Å². The number of hydrogen-bond donors (Lipinski definition) is 0. The van der Waals surface area contributed by atoms with E-state index >= 15 is 0 Å². The summed E-state index contributed by atoms with van der Waals surface area (Å²) >= 11 is 12.0. The van der Waals surface area contributed by atoms with E-state index in [0.717, 1.165) is 4.68 Å². The lowest BCUT2D eigenvalue weighted by molar-refractivity contribution is -0.0970. The molecule has 0 aliphatic heterocycles. The molecule has 2 rings (SSSR count). The molecule has 0 saturated heterocycles. The van der Waals surface area contributed by atoms with Gasteiger partial charge in [-0.1, -0.05) is 29.3 Å². The van der Waals surface area contributed by atoms with Crippen molar-refractivity contribution in [3.05, 3.63) is 46.5 Å². The van der Waals surface area contributed by atoms with E-state index in [0.29, 0.717) is 15.6 Å². The summed E-state index contributed by atoms with van der Waals surface area (Å²) in [5.74, 6) is 0. The van der Waals surface area contributed by atoms with Crippen molar-refractivity contribution in [2.45, 2.75) is 18.8 Å². The summed E-state index contributed by atoms with van der Waals surface area (Å²) in [6, 6.07) is 4.82. The van der Waals surface area contributed by atoms with Crippen LogP contribution in [0.15, 0.2) is 30.9 Å². The van der Waals surface area contributed by atoms with Crippen molar-refractivity contribution in [1.29, 1.82) is 0 Å². The molecule has 0 amide bonds. The van der Waals surface area contributed by atoms with Gasteiger partial charge in [0.05, 0.1) is 0 Å². The van der Waals surface area contributed by atoms with Crippen molar-refractivity contribution in [2.75, 3.05) is 7.11 Å². The summed E-state index contributed by atoms with van der Waals surface area (Å²) < 4.78 is 21.0. The Kier molecular flexibility index (Phi) is 4.08. The standard InChI is InChI=1S/C12H12Cl2FN3O/c1-12(19-2,11(15)18-7-16-6-17-18)9-4-3-8(13)5-10(9)14/h3-7,11H,1-2H3. The molecule has 0 saturated carbocycles. The minimum Gasteiger partial charge on any atom is -0.369 e. The molecule has 2 atom stereocenters. The zero-order chi connectivity index (χ0) is 14.0. The molecule has 102 valence electrons. The Hall–Kier alpha value is -1.17. The maximum Gasteiger partial charge on any atom is 0.225 e. The first-order valence-electron chi connectivity index (χ1n) is 5.48. The number of benzene rings is 1. The highest BCUT2D eigenvalue weighted by molar-refractivity contribution is 6.35. The molecule has 0 spiro atoms. The SMILES string of the molecule is COC(C)(c1ccc(Cl)cc1Cl)C(F)n1cncn1. The summed E-state index contributed by atoms with van der Waals surface area (Å²) in [5.41, 5.74) is -0.806. The summed E-state index contributed by atoms with van der Waals surface area (Å²) in [6.45, 7) is 1.59. The predicted molar refractivity (Wildman–Crippen MR) is 71.0 cm³/mol. The van der Waals surface area contributed by atoms with E-state index in [1.165, 1.54) is 19.8 Å². The molecular formula is C12H12Cl2FN3O. The van der Waals surface area contributed by atoms with E-state index in [1.54, 1.807) is 25.1 Å². The quantitative estimate of drug-likeness (QED) is 0.866. The van der Waals surface area contributed by atoms with Gasteiger partial charge in [0.1, 0.15) is 18.3 Å². The molecular weight excluding hydrogens is 292 g/mol. The van der Waals surface area contributed by atoms with Crippen LogP contribution in [0.2, 0.25) is 10.0 Å². The summed E-state index contributed by atoms with van der Waals surface area (Å²) in [5, 5.41) is 4.59. The predicted octanol–water partition coefficient (Wildman–Crippen LogP) is 3.61. The lowest BCUT2D eigenvalue weighted by Gasteiger charge is -2.32. The van der Waals surface area contributed by atoms with Crippen LogP contribution in [0.3, 0.4) is 0 Å². The minimum absolute atomic E-state index is 0.333. The second-order valence-corrected chi connectivity index (χ2v) is 4.99. The maximum absolute atomic E-state index is 14.6. The Morgan fingerprint density at radius 2 is 2.16 bits per heavy atom. The lowest BCUT2D eigenvalue weighted by Crippen LogP contribution is -2.34. The average molecular weight is 304 g/mol. The highest BCUT2D eigenvalue weighted by Gasteiger charge is 2.40. The molecule has 0 N–H and O–H groups in total. The van der Waals surface area contributed by atoms with E-state index in [4.69, 9.17) is 27.9 Å². The van der Waals surface area contributed by atoms with E-state index in [2.05, 4.69) is 10.1 Å². The number of aromatic nitrogens is 3. The van der Waals surface area contributed by atoms with Crippen molar-refractivity contribution in [3.63, 3.8) is 0 Å². The van der Waals surface area contributed by atoms with Gasteiger partial charge in [0.25, 0.3) is 0 Å². The summed E-state index contributed by atoms with van der Waals surface area (Å²) in [6.07, 6.45) is 0.969. The smallest absolute Gasteiger partial charge is 0.225 e. The van der Waals surface area contributed by atoms with Gasteiger partial charge in [-0.2, -0.15) is 5.10 Å². The fourth-order valence-corrected chi connectivity index (χ4v) is 2.41. The lowest BCUT2D eigenvalue weighted by atomic mass is 9.94. The largest absolute Gasteiger partial charge is 0.369 e. The van der Waals surface area contributed by atoms with Gasteiger partial charge in [0, 0.05) is 22.7 Å². The summed E-state index contributed by atoms with van der Waals surface area (Å²) in [4.78, 5) is 3.72. The third-order valence-corrected chi connectivity index (χ3v) is 3.56. The molecule has 19 heavy (non-hydrogen) atoms. The van der Waals surface area contributed by atoms with Crippen LogP contribution in [0.25, 0.3) is 0 Å². The number of alkyl halides is 1. The summed E-state index contributed by atoms with van der Waals surface area (Å²) in [7, 11) is 1.41. The first-order chi connectivity index (χ1) is 8.99. The van der Waals surface area contributed by atoms with Crippen LogP contribution >= 0.6 is 23.2 Å². The number of nitrogens with zero attached hydrogens (tertiary/aromatic N) is 3. The van der Waals surface area contributed by atoms with Gasteiger partial charge in [0.2, 0.25) is 6.30 Å². The fourth-order valence-electron chi connectivity index (χ4n) is 1.81. The zero-order valence-electron chi connectivity index (χ0n) is 10.3. The Morgan fingerprint density at radius 3 is 2.68 bits per heavy atom. The molecule has 4 nitrogen and oxygen atoms in total. The first-order valence-corrected chi connectivity index (χ1v) is 6.23. The highest BCUT2D eigenvalue weighted by atomic mass is 35.5. The number of methoxy groups -OCH3 is 1. The molecule has 2 unspecified atom stereocenters. The van der Waals surface area contributed by atoms with E-state index < -0.39 is 11.9 Å². The van der Waals surface area contributed by atoms with E-state index in [1.807, 2.05) is 0 Å². The van der Waals surface area contributed by atoms with Gasteiger partial charge in [-0.05, 0) is 19.1 Å². The Morgan fingerprint density at radius 1 is 1.42 bits per heavy atom. The first kappa shape index (κ1) is 14.2. The average Bonchev–Trinajstić information content (AvgIpc) is 2.90. The minimum atomic E-state index is -1.57. The second-order valence-electron chi connectivity index (χ2n) is 4.15. The van der Waals surface area contributed by atoms with E-state index in [9.17, 15) is 4.39 Å². The van der Waals surface area contributed by atoms with Crippen molar-refractivity contribution in [1.82, 2.24) is 14.8 Å². The molecule has 0 fully saturated rings. The molecule has 2 aromatic rings. The second kappa shape index (κ2) is 5.45. The Labute approximate surface area is 120 Å². The van der Waals surface area contributed by atoms with Gasteiger partial charge in [-0.25, -0.2) is 14.1 Å². The van der Waals surface area contributed by atoms with Crippen molar-refractivity contribution in [2.24, 2.45) is 0 Å². The van der Waals surface area contributed by atoms with Crippen molar-refractivity contribution < 1.29 is 9.13 Å². The number of halogens is 3. The molecule has 1 heterocycles. The van der Waals surface area contributed by atoms with Crippen LogP contribution in [-0.4, -0.2) is 21.9 Å². The normalized spacial score (nSPS) is 16.1. The van der Waals surface area contributed by atoms with Crippen molar-refractivity contribution >= 4 is 23.2 Å². The number of ether oxygens (including phenoxy) is 1. The van der Waals surface area contributed by atoms with Crippen LogP contribution in [0.4, 0.5) is 4.39 Å². The molecule has 0 aliphatic rings. The Balaban J connectivity index is 2.47. The van der Waals surface area contributed by atoms with Crippen LogP contribution < -0.4 is 0 Å². The van der Waals surface area contributed by atoms with Crippen LogP contribution in [0.5, 0.6) is 0 Å². The molecule has 1 aromatic heterocycles. The topological polar surface area (TPSA) is 39.9 Å². The number of rotatable bonds is 4. The molecule has 1 aromatic carbocycles. The highest BCUT2D eigenvalue weighted by Crippen LogP contribution is 2.40. The zero-order valence-corrected chi connectivity index (χ0v) is 11.9. The van der Waals surface area contributed by atoms with Crippen molar-refractivity contribution in [3.8, 4) is 0 Å². The van der Waals surface area contributed by atoms with Gasteiger partial charge >= 0.3 is 0 Å². The van der Waals surface area contributed by atoms with Crippen LogP contribution in [0, 0.1) is 0 Å². The fraction of sp³-hybridized carbons (Fsp3) is 0.333. The maximum atomic E-state index is 14.6. The van der Waals surface area contributed by atoms with Gasteiger partial charge in [-0.3, -0.25) is 0 Å². The molecule has 0 radical (unpaired) electrons. The third-order valence-electron chi connectivity index (χ3n) is 3.01. The van der Waals surface area contributed by atoms with Gasteiger partial charge in [-0.15, -0.1) is 0 Å². The molecule has 0 aliphatic carbocycles. The van der Waals surface area contributed by atoms with Crippen LogP contribution in [0.1, 0.15) is 18.8 Å². The number of hydrogen-bond acceptors (Lipinski definition) is 3. The molecule has 7 heteroatoms. The monoisotopic (exact) mass is 303 g/mol. The van der Waals surface area contributed by atoms with Gasteiger partial charge in [0.15, 0.2) is 0 Å². The van der Waals surface area contributed by atoms with Crippen LogP contribution in [-0.2, 0) is 10.3 Å². The molecule has 0 bridgehead atoms. The third kappa shape index (κ3) is 2.59. The Bertz CT molecular complexity index is 564. The van der Waals surface area contributed by atoms with E-state index in [-0.39, 0.29) is 0 Å².